The van der Waals surface area contributed by atoms with Crippen LogP contribution in [0.3, 0.4) is 0 Å². The number of carbonyl (C=O) groups is 2. The Morgan fingerprint density at radius 2 is 1.66 bits per heavy atom. The second-order valence-corrected chi connectivity index (χ2v) is 7.52. The van der Waals surface area contributed by atoms with Crippen LogP contribution in [-0.2, 0) is 16.1 Å². The van der Waals surface area contributed by atoms with Crippen molar-refractivity contribution in [2.45, 2.75) is 57.7 Å². The standard InChI is InChI=1S/C24H30N2O3/c1-2-22(24(28)25-20-13-9-10-14-20)26(17-19-11-5-3-6-12-19)23(27)18-29-21-15-7-4-8-16-21/h3-8,11-12,15-16,20,22H,2,9-10,13-14,17-18H2,1H3,(H,25,28)/t22-/m0/s1. The zero-order chi connectivity index (χ0) is 20.5. The Labute approximate surface area is 173 Å². The maximum atomic E-state index is 13.1. The van der Waals surface area contributed by atoms with Crippen LogP contribution in [0.15, 0.2) is 60.7 Å². The summed E-state index contributed by atoms with van der Waals surface area (Å²) in [5, 5.41) is 3.15. The largest absolute Gasteiger partial charge is 0.484 e. The number of ether oxygens (including phenoxy) is 1. The van der Waals surface area contributed by atoms with E-state index in [1.807, 2.05) is 67.6 Å². The monoisotopic (exact) mass is 394 g/mol. The molecule has 2 aromatic rings. The second-order valence-electron chi connectivity index (χ2n) is 7.52. The molecule has 0 saturated heterocycles. The zero-order valence-electron chi connectivity index (χ0n) is 17.0. The molecule has 2 aromatic carbocycles. The fourth-order valence-electron chi connectivity index (χ4n) is 3.81. The lowest BCUT2D eigenvalue weighted by atomic mass is 10.1. The van der Waals surface area contributed by atoms with Crippen LogP contribution in [-0.4, -0.2) is 35.4 Å². The van der Waals surface area contributed by atoms with Crippen molar-refractivity contribution >= 4 is 11.8 Å². The molecule has 5 heteroatoms. The van der Waals surface area contributed by atoms with Gasteiger partial charge in [-0.15, -0.1) is 0 Å². The predicted molar refractivity (Wildman–Crippen MR) is 113 cm³/mol. The van der Waals surface area contributed by atoms with Crippen molar-refractivity contribution in [1.29, 1.82) is 0 Å². The summed E-state index contributed by atoms with van der Waals surface area (Å²) < 4.78 is 5.67. The topological polar surface area (TPSA) is 58.6 Å². The number of amides is 2. The molecule has 154 valence electrons. The molecule has 0 aliphatic heterocycles. The van der Waals surface area contributed by atoms with E-state index in [4.69, 9.17) is 4.74 Å². The molecule has 1 atom stereocenters. The zero-order valence-corrected chi connectivity index (χ0v) is 17.0. The molecule has 0 spiro atoms. The molecule has 1 aliphatic carbocycles. The van der Waals surface area contributed by atoms with Gasteiger partial charge in [-0.25, -0.2) is 0 Å². The molecule has 2 amide bonds. The lowest BCUT2D eigenvalue weighted by Crippen LogP contribution is -2.52. The quantitative estimate of drug-likeness (QED) is 0.701. The minimum Gasteiger partial charge on any atom is -0.484 e. The highest BCUT2D eigenvalue weighted by Crippen LogP contribution is 2.19. The Bertz CT molecular complexity index is 773. The van der Waals surface area contributed by atoms with Gasteiger partial charge in [-0.2, -0.15) is 0 Å². The Balaban J connectivity index is 1.72. The number of benzene rings is 2. The van der Waals surface area contributed by atoms with Crippen LogP contribution in [0.25, 0.3) is 0 Å². The lowest BCUT2D eigenvalue weighted by molar-refractivity contribution is -0.143. The summed E-state index contributed by atoms with van der Waals surface area (Å²) >= 11 is 0. The number of rotatable bonds is 9. The minimum absolute atomic E-state index is 0.0663. The smallest absolute Gasteiger partial charge is 0.261 e. The van der Waals surface area contributed by atoms with Gasteiger partial charge < -0.3 is 15.0 Å². The fraction of sp³-hybridized carbons (Fsp3) is 0.417. The van der Waals surface area contributed by atoms with E-state index in [9.17, 15) is 9.59 Å². The first-order valence-electron chi connectivity index (χ1n) is 10.5. The Morgan fingerprint density at radius 3 is 2.28 bits per heavy atom. The molecule has 0 unspecified atom stereocenters. The molecule has 0 aromatic heterocycles. The van der Waals surface area contributed by atoms with Gasteiger partial charge in [0.15, 0.2) is 6.61 Å². The molecule has 0 radical (unpaired) electrons. The van der Waals surface area contributed by atoms with Crippen LogP contribution in [0.2, 0.25) is 0 Å². The predicted octanol–water partition coefficient (Wildman–Crippen LogP) is 3.93. The van der Waals surface area contributed by atoms with Gasteiger partial charge in [-0.1, -0.05) is 68.3 Å². The third kappa shape index (κ3) is 6.08. The highest BCUT2D eigenvalue weighted by molar-refractivity contribution is 5.88. The van der Waals surface area contributed by atoms with Gasteiger partial charge in [0.2, 0.25) is 5.91 Å². The van der Waals surface area contributed by atoms with E-state index < -0.39 is 6.04 Å². The average Bonchev–Trinajstić information content (AvgIpc) is 3.26. The van der Waals surface area contributed by atoms with Gasteiger partial charge in [-0.05, 0) is 37.0 Å². The molecule has 5 nitrogen and oxygen atoms in total. The molecular weight excluding hydrogens is 364 g/mol. The summed E-state index contributed by atoms with van der Waals surface area (Å²) in [6.07, 6.45) is 4.90. The van der Waals surface area contributed by atoms with Crippen molar-refractivity contribution in [3.63, 3.8) is 0 Å². The van der Waals surface area contributed by atoms with E-state index in [2.05, 4.69) is 5.32 Å². The maximum Gasteiger partial charge on any atom is 0.261 e. The number of hydrogen-bond donors (Lipinski definition) is 1. The van der Waals surface area contributed by atoms with E-state index in [0.717, 1.165) is 31.2 Å². The Morgan fingerprint density at radius 1 is 1.03 bits per heavy atom. The van der Waals surface area contributed by atoms with E-state index in [-0.39, 0.29) is 24.5 Å². The van der Waals surface area contributed by atoms with Crippen LogP contribution >= 0.6 is 0 Å². The number of carbonyl (C=O) groups excluding carboxylic acids is 2. The first-order chi connectivity index (χ1) is 14.2. The third-order valence-corrected chi connectivity index (χ3v) is 5.39. The van der Waals surface area contributed by atoms with Crippen LogP contribution < -0.4 is 10.1 Å². The molecule has 3 rings (SSSR count). The first kappa shape index (κ1) is 20.9. The Hall–Kier alpha value is -2.82. The molecule has 1 N–H and O–H groups in total. The molecular formula is C24H30N2O3. The third-order valence-electron chi connectivity index (χ3n) is 5.39. The van der Waals surface area contributed by atoms with Crippen LogP contribution in [0.1, 0.15) is 44.6 Å². The van der Waals surface area contributed by atoms with Gasteiger partial charge in [0.25, 0.3) is 5.91 Å². The number of nitrogens with zero attached hydrogens (tertiary/aromatic N) is 1. The Kier molecular flexibility index (Phi) is 7.68. The lowest BCUT2D eigenvalue weighted by Gasteiger charge is -2.31. The average molecular weight is 395 g/mol. The first-order valence-corrected chi connectivity index (χ1v) is 10.5. The SMILES string of the molecule is CC[C@@H](C(=O)NC1CCCC1)N(Cc1ccccc1)C(=O)COc1ccccc1. The van der Waals surface area contributed by atoms with Gasteiger partial charge in [-0.3, -0.25) is 9.59 Å². The van der Waals surface area contributed by atoms with Crippen LogP contribution in [0.4, 0.5) is 0 Å². The summed E-state index contributed by atoms with van der Waals surface area (Å²) in [4.78, 5) is 27.7. The van der Waals surface area contributed by atoms with Gasteiger partial charge in [0, 0.05) is 12.6 Å². The number of para-hydroxylation sites is 1. The molecule has 0 heterocycles. The van der Waals surface area contributed by atoms with Gasteiger partial charge >= 0.3 is 0 Å². The summed E-state index contributed by atoms with van der Waals surface area (Å²) in [5.74, 6) is 0.387. The summed E-state index contributed by atoms with van der Waals surface area (Å²) in [7, 11) is 0. The van der Waals surface area contributed by atoms with Crippen LogP contribution in [0, 0.1) is 0 Å². The molecule has 1 aliphatic rings. The van der Waals surface area contributed by atoms with E-state index in [0.29, 0.717) is 18.7 Å². The highest BCUT2D eigenvalue weighted by atomic mass is 16.5. The number of hydrogen-bond acceptors (Lipinski definition) is 3. The van der Waals surface area contributed by atoms with Crippen molar-refractivity contribution in [2.75, 3.05) is 6.61 Å². The molecule has 1 saturated carbocycles. The number of nitrogens with one attached hydrogen (secondary N) is 1. The van der Waals surface area contributed by atoms with Crippen molar-refractivity contribution in [3.8, 4) is 5.75 Å². The van der Waals surface area contributed by atoms with E-state index in [1.54, 1.807) is 4.90 Å². The summed E-state index contributed by atoms with van der Waals surface area (Å²) in [6, 6.07) is 18.8. The van der Waals surface area contributed by atoms with Crippen molar-refractivity contribution < 1.29 is 14.3 Å². The minimum atomic E-state index is -0.511. The van der Waals surface area contributed by atoms with Crippen molar-refractivity contribution in [2.24, 2.45) is 0 Å². The van der Waals surface area contributed by atoms with Crippen molar-refractivity contribution in [3.05, 3.63) is 66.2 Å². The van der Waals surface area contributed by atoms with Crippen molar-refractivity contribution in [1.82, 2.24) is 10.2 Å². The molecule has 0 bridgehead atoms. The summed E-state index contributed by atoms with van der Waals surface area (Å²) in [6.45, 7) is 2.24. The van der Waals surface area contributed by atoms with E-state index in [1.165, 1.54) is 0 Å². The van der Waals surface area contributed by atoms with Crippen LogP contribution in [0.5, 0.6) is 5.75 Å². The summed E-state index contributed by atoms with van der Waals surface area (Å²) in [5.41, 5.74) is 0.993. The van der Waals surface area contributed by atoms with E-state index >= 15 is 0 Å². The fourth-order valence-corrected chi connectivity index (χ4v) is 3.81. The normalized spacial score (nSPS) is 14.9. The maximum absolute atomic E-state index is 13.1. The highest BCUT2D eigenvalue weighted by Gasteiger charge is 2.30. The van der Waals surface area contributed by atoms with Gasteiger partial charge in [0.1, 0.15) is 11.8 Å². The van der Waals surface area contributed by atoms with Gasteiger partial charge in [0.05, 0.1) is 0 Å². The molecule has 1 fully saturated rings. The molecule has 29 heavy (non-hydrogen) atoms. The second kappa shape index (κ2) is 10.6.